The van der Waals surface area contributed by atoms with Gasteiger partial charge < -0.3 is 15.5 Å². The minimum absolute atomic E-state index is 0.190. The Bertz CT molecular complexity index is 1010. The normalized spacial score (nSPS) is 10.6. The molecule has 0 radical (unpaired) electrons. The molecule has 3 aromatic rings. The number of carboxylic acids is 2. The van der Waals surface area contributed by atoms with Crippen molar-refractivity contribution in [2.45, 2.75) is 31.5 Å². The molecule has 0 unspecified atom stereocenters. The molecule has 7 N–H and O–H groups in total. The maximum atomic E-state index is 10.5. The fourth-order valence-electron chi connectivity index (χ4n) is 3.02. The summed E-state index contributed by atoms with van der Waals surface area (Å²) >= 11 is 5.85. The average Bonchev–Trinajstić information content (AvgIpc) is 2.79. The van der Waals surface area contributed by atoms with Crippen molar-refractivity contribution in [1.29, 1.82) is 0 Å². The third-order valence-electron chi connectivity index (χ3n) is 4.66. The van der Waals surface area contributed by atoms with Gasteiger partial charge in [-0.1, -0.05) is 23.7 Å². The highest BCUT2D eigenvalue weighted by Crippen LogP contribution is 2.17. The van der Waals surface area contributed by atoms with Crippen molar-refractivity contribution in [1.82, 2.24) is 4.98 Å². The number of benzene rings is 2. The lowest BCUT2D eigenvalue weighted by molar-refractivity contribution is 0.0651. The van der Waals surface area contributed by atoms with E-state index >= 15 is 0 Å². The number of unbranched alkanes of at least 4 members (excludes halogenated alkanes) is 1. The Morgan fingerprint density at radius 3 is 1.94 bits per heavy atom. The van der Waals surface area contributed by atoms with Crippen molar-refractivity contribution >= 4 is 29.2 Å². The summed E-state index contributed by atoms with van der Waals surface area (Å²) < 4.78 is 0. The summed E-state index contributed by atoms with van der Waals surface area (Å²) in [5, 5.41) is 20.9. The number of aromatic nitrogens is 1. The number of pyridine rings is 1. The first-order valence-electron chi connectivity index (χ1n) is 10.2. The maximum Gasteiger partial charge on any atom is 0.336 e. The number of rotatable bonds is 9. The van der Waals surface area contributed by atoms with Crippen LogP contribution in [0, 0.1) is 0 Å². The van der Waals surface area contributed by atoms with Crippen molar-refractivity contribution in [3.8, 4) is 0 Å². The lowest BCUT2D eigenvalue weighted by Gasteiger charge is -2.27. The SMILES string of the molecule is NC(N)(CCCCc1ccncc1)Nc1ccc(Cl)cc1.O=C(O)c1ccccc1C(=O)O. The fraction of sp³-hybridized carbons (Fsp3) is 0.208. The highest BCUT2D eigenvalue weighted by Gasteiger charge is 2.18. The molecule has 0 spiro atoms. The first-order valence-corrected chi connectivity index (χ1v) is 10.6. The van der Waals surface area contributed by atoms with Crippen molar-refractivity contribution in [3.63, 3.8) is 0 Å². The molecule has 0 aliphatic rings. The van der Waals surface area contributed by atoms with Gasteiger partial charge in [-0.2, -0.15) is 0 Å². The Balaban J connectivity index is 0.000000273. The predicted octanol–water partition coefficient (Wildman–Crippen LogP) is 4.21. The summed E-state index contributed by atoms with van der Waals surface area (Å²) in [4.78, 5) is 24.9. The molecule has 33 heavy (non-hydrogen) atoms. The average molecular weight is 471 g/mol. The summed E-state index contributed by atoms with van der Waals surface area (Å²) in [7, 11) is 0. The minimum Gasteiger partial charge on any atom is -0.478 e. The van der Waals surface area contributed by atoms with E-state index in [1.165, 1.54) is 29.8 Å². The molecule has 9 heteroatoms. The van der Waals surface area contributed by atoms with Crippen molar-refractivity contribution in [2.75, 3.05) is 5.32 Å². The molecule has 0 aliphatic carbocycles. The molecule has 8 nitrogen and oxygen atoms in total. The van der Waals surface area contributed by atoms with E-state index < -0.39 is 17.7 Å². The van der Waals surface area contributed by atoms with Gasteiger partial charge in [-0.15, -0.1) is 0 Å². The van der Waals surface area contributed by atoms with Gasteiger partial charge in [-0.05, 0) is 79.8 Å². The highest BCUT2D eigenvalue weighted by atomic mass is 35.5. The summed E-state index contributed by atoms with van der Waals surface area (Å²) in [6.07, 6.45) is 7.33. The molecule has 0 atom stereocenters. The van der Waals surface area contributed by atoms with Crippen LogP contribution in [0.1, 0.15) is 45.5 Å². The summed E-state index contributed by atoms with van der Waals surface area (Å²) in [5.41, 5.74) is 14.0. The standard InChI is InChI=1S/C16H21ClN4.C8H6O4/c17-14-4-6-15(7-5-14)21-16(18,19)10-2-1-3-13-8-11-20-12-9-13;9-7(10)5-3-1-2-4-6(5)8(11)12/h4-9,11-12,21H,1-3,10,18-19H2;1-4H,(H,9,10)(H,11,12). The molecule has 0 saturated heterocycles. The number of nitrogens with zero attached hydrogens (tertiary/aromatic N) is 1. The Morgan fingerprint density at radius 1 is 0.879 bits per heavy atom. The van der Waals surface area contributed by atoms with E-state index in [2.05, 4.69) is 10.3 Å². The number of nitrogens with one attached hydrogen (secondary N) is 1. The van der Waals surface area contributed by atoms with E-state index in [1.54, 1.807) is 0 Å². The molecular weight excluding hydrogens is 444 g/mol. The first kappa shape index (κ1) is 25.8. The zero-order chi connectivity index (χ0) is 24.3. The molecule has 1 heterocycles. The summed E-state index contributed by atoms with van der Waals surface area (Å²) in [5.74, 6) is -3.37. The number of aromatic carboxylic acids is 2. The van der Waals surface area contributed by atoms with Crippen molar-refractivity contribution in [3.05, 3.63) is 94.8 Å². The van der Waals surface area contributed by atoms with Crippen LogP contribution in [0.4, 0.5) is 5.69 Å². The second kappa shape index (κ2) is 12.5. The van der Waals surface area contributed by atoms with Crippen LogP contribution in [0.2, 0.25) is 5.02 Å². The lowest BCUT2D eigenvalue weighted by atomic mass is 10.1. The number of halogens is 1. The molecule has 0 amide bonds. The topological polar surface area (TPSA) is 152 Å². The number of carboxylic acid groups (broad SMARTS) is 2. The van der Waals surface area contributed by atoms with Gasteiger partial charge in [0.1, 0.15) is 5.79 Å². The molecule has 0 aliphatic heterocycles. The van der Waals surface area contributed by atoms with Gasteiger partial charge in [0.25, 0.3) is 0 Å². The zero-order valence-corrected chi connectivity index (χ0v) is 18.7. The molecule has 0 bridgehead atoms. The van der Waals surface area contributed by atoms with Crippen LogP contribution in [0.3, 0.4) is 0 Å². The smallest absolute Gasteiger partial charge is 0.336 e. The summed E-state index contributed by atoms with van der Waals surface area (Å²) in [6.45, 7) is 0. The first-order chi connectivity index (χ1) is 15.7. The number of hydrogen-bond acceptors (Lipinski definition) is 6. The number of carbonyl (C=O) groups is 2. The third-order valence-corrected chi connectivity index (χ3v) is 4.92. The van der Waals surface area contributed by atoms with Gasteiger partial charge in [0, 0.05) is 23.1 Å². The number of aryl methyl sites for hydroxylation is 1. The Labute approximate surface area is 197 Å². The van der Waals surface area contributed by atoms with Crippen LogP contribution in [-0.4, -0.2) is 32.9 Å². The maximum absolute atomic E-state index is 10.5. The van der Waals surface area contributed by atoms with Crippen molar-refractivity contribution < 1.29 is 19.8 Å². The largest absolute Gasteiger partial charge is 0.478 e. The van der Waals surface area contributed by atoms with E-state index in [0.717, 1.165) is 24.9 Å². The van der Waals surface area contributed by atoms with Crippen LogP contribution in [0.15, 0.2) is 73.1 Å². The van der Waals surface area contributed by atoms with E-state index in [0.29, 0.717) is 11.4 Å². The van der Waals surface area contributed by atoms with E-state index in [4.69, 9.17) is 33.3 Å². The fourth-order valence-corrected chi connectivity index (χ4v) is 3.14. The number of hydrogen-bond donors (Lipinski definition) is 5. The van der Waals surface area contributed by atoms with E-state index in [9.17, 15) is 9.59 Å². The summed E-state index contributed by atoms with van der Waals surface area (Å²) in [6, 6.07) is 16.9. The molecule has 174 valence electrons. The van der Waals surface area contributed by atoms with Crippen LogP contribution < -0.4 is 16.8 Å². The van der Waals surface area contributed by atoms with Crippen LogP contribution in [0.5, 0.6) is 0 Å². The van der Waals surface area contributed by atoms with Crippen LogP contribution >= 0.6 is 11.6 Å². The Kier molecular flexibility index (Phi) is 9.81. The second-order valence-corrected chi connectivity index (χ2v) is 7.83. The molecule has 0 fully saturated rings. The Morgan fingerprint density at radius 2 is 1.42 bits per heavy atom. The van der Waals surface area contributed by atoms with Gasteiger partial charge in [0.2, 0.25) is 0 Å². The van der Waals surface area contributed by atoms with Gasteiger partial charge in [-0.25, -0.2) is 9.59 Å². The van der Waals surface area contributed by atoms with E-state index in [-0.39, 0.29) is 11.1 Å². The van der Waals surface area contributed by atoms with Gasteiger partial charge in [0.15, 0.2) is 0 Å². The predicted molar refractivity (Wildman–Crippen MR) is 128 cm³/mol. The highest BCUT2D eigenvalue weighted by molar-refractivity contribution is 6.30. The minimum atomic E-state index is -1.23. The van der Waals surface area contributed by atoms with Crippen LogP contribution in [-0.2, 0) is 6.42 Å². The molecule has 2 aromatic carbocycles. The molecule has 3 rings (SSSR count). The van der Waals surface area contributed by atoms with Crippen molar-refractivity contribution in [2.24, 2.45) is 11.5 Å². The van der Waals surface area contributed by atoms with Gasteiger partial charge in [-0.3, -0.25) is 16.5 Å². The zero-order valence-electron chi connectivity index (χ0n) is 17.9. The second-order valence-electron chi connectivity index (χ2n) is 7.39. The number of nitrogens with two attached hydrogens (primary N) is 2. The third kappa shape index (κ3) is 9.28. The number of anilines is 1. The Hall–Kier alpha value is -3.46. The van der Waals surface area contributed by atoms with Gasteiger partial charge in [0.05, 0.1) is 11.1 Å². The molecule has 1 aromatic heterocycles. The molecule has 0 saturated carbocycles. The van der Waals surface area contributed by atoms with Crippen LogP contribution in [0.25, 0.3) is 0 Å². The van der Waals surface area contributed by atoms with E-state index in [1.807, 2.05) is 48.8 Å². The molecular formula is C24H27ClN4O4. The monoisotopic (exact) mass is 470 g/mol. The quantitative estimate of drug-likeness (QED) is 0.230. The lowest BCUT2D eigenvalue weighted by Crippen LogP contribution is -2.56. The van der Waals surface area contributed by atoms with Gasteiger partial charge >= 0.3 is 11.9 Å².